The molecule has 0 spiro atoms. The number of hydrogen-bond acceptors (Lipinski definition) is 8. The lowest BCUT2D eigenvalue weighted by atomic mass is 9.94. The van der Waals surface area contributed by atoms with E-state index in [1.807, 2.05) is 31.2 Å². The van der Waals surface area contributed by atoms with Gasteiger partial charge in [0.05, 0.1) is 24.0 Å². The molecule has 0 saturated carbocycles. The first-order valence-corrected chi connectivity index (χ1v) is 16.7. The number of rotatable bonds is 12. The van der Waals surface area contributed by atoms with Crippen LogP contribution in [0.3, 0.4) is 0 Å². The standard InChI is InChI=1S/C33H33N3O4S2/c1-4-6-26(19-27-20-34-36-35-27)25-8-10-28(11-9-25)40-21-24-7-14-33-31(18-24)32(22-41-33)30-13-12-29(17-23(30)2)39-15-5-16-42(3,37)38/h7-14,17-18,22,26H,5,15-16,19-21H2,1-3H3/t26-/m0/s1. The Morgan fingerprint density at radius 2 is 1.81 bits per heavy atom. The van der Waals surface area contributed by atoms with Gasteiger partial charge in [-0.1, -0.05) is 30.2 Å². The first-order valence-electron chi connectivity index (χ1n) is 13.8. The molecule has 7 nitrogen and oxygen atoms in total. The molecule has 1 atom stereocenters. The van der Waals surface area contributed by atoms with Gasteiger partial charge in [0.1, 0.15) is 34.5 Å². The van der Waals surface area contributed by atoms with Crippen molar-refractivity contribution in [3.63, 3.8) is 0 Å². The van der Waals surface area contributed by atoms with Gasteiger partial charge in [-0.3, -0.25) is 0 Å². The van der Waals surface area contributed by atoms with Crippen LogP contribution in [-0.2, 0) is 16.4 Å². The Balaban J connectivity index is 1.24. The minimum absolute atomic E-state index is 0.0506. The molecule has 1 aromatic heterocycles. The Morgan fingerprint density at radius 3 is 2.52 bits per heavy atom. The largest absolute Gasteiger partial charge is 0.494 e. The second-order valence-corrected chi connectivity index (χ2v) is 13.5. The van der Waals surface area contributed by atoms with Crippen molar-refractivity contribution in [2.24, 2.45) is 15.4 Å². The maximum atomic E-state index is 11.3. The topological polar surface area (TPSA) is 89.7 Å². The monoisotopic (exact) mass is 599 g/mol. The maximum Gasteiger partial charge on any atom is 0.147 e. The minimum atomic E-state index is -2.98. The Bertz CT molecular complexity index is 1800. The molecule has 42 heavy (non-hydrogen) atoms. The maximum absolute atomic E-state index is 11.3. The summed E-state index contributed by atoms with van der Waals surface area (Å²) in [4.78, 5) is 0. The number of ether oxygens (including phenoxy) is 2. The summed E-state index contributed by atoms with van der Waals surface area (Å²) >= 11 is 1.72. The predicted octanol–water partition coefficient (Wildman–Crippen LogP) is 7.59. The quantitative estimate of drug-likeness (QED) is 0.124. The summed E-state index contributed by atoms with van der Waals surface area (Å²) in [6.45, 7) is 5.30. The third kappa shape index (κ3) is 7.64. The number of hydrogen-bond donors (Lipinski definition) is 0. The van der Waals surface area contributed by atoms with Crippen molar-refractivity contribution in [3.05, 3.63) is 82.7 Å². The molecular formula is C33H33N3O4S2. The van der Waals surface area contributed by atoms with Crippen LogP contribution in [0.25, 0.3) is 21.2 Å². The van der Waals surface area contributed by atoms with Crippen molar-refractivity contribution < 1.29 is 17.9 Å². The average molecular weight is 600 g/mol. The highest BCUT2D eigenvalue weighted by Crippen LogP contribution is 2.37. The van der Waals surface area contributed by atoms with E-state index in [9.17, 15) is 8.42 Å². The second kappa shape index (κ2) is 13.3. The zero-order valence-corrected chi connectivity index (χ0v) is 25.6. The van der Waals surface area contributed by atoms with E-state index in [0.29, 0.717) is 26.2 Å². The van der Waals surface area contributed by atoms with Crippen LogP contribution < -0.4 is 9.47 Å². The fraction of sp³-hybridized carbons (Fsp3) is 0.303. The summed E-state index contributed by atoms with van der Waals surface area (Å²) in [6.07, 6.45) is 2.44. The Labute approximate surface area is 251 Å². The van der Waals surface area contributed by atoms with Crippen molar-refractivity contribution in [2.45, 2.75) is 39.2 Å². The van der Waals surface area contributed by atoms with Gasteiger partial charge in [-0.2, -0.15) is 5.11 Å². The second-order valence-electron chi connectivity index (χ2n) is 10.4. The highest BCUT2D eigenvalue weighted by molar-refractivity contribution is 7.90. The Hall–Kier alpha value is -4.00. The first kappa shape index (κ1) is 29.5. The fourth-order valence-electron chi connectivity index (χ4n) is 4.88. The first-order chi connectivity index (χ1) is 20.3. The molecule has 2 heterocycles. The van der Waals surface area contributed by atoms with Gasteiger partial charge in [0, 0.05) is 28.3 Å². The summed E-state index contributed by atoms with van der Waals surface area (Å²) in [6, 6.07) is 20.6. The van der Waals surface area contributed by atoms with Crippen LogP contribution in [-0.4, -0.2) is 39.3 Å². The zero-order chi connectivity index (χ0) is 29.5. The van der Waals surface area contributed by atoms with Crippen molar-refractivity contribution in [3.8, 4) is 34.5 Å². The number of thiophene rings is 1. The van der Waals surface area contributed by atoms with E-state index in [1.54, 1.807) is 11.3 Å². The summed E-state index contributed by atoms with van der Waals surface area (Å²) < 4.78 is 35.9. The molecule has 0 aliphatic carbocycles. The van der Waals surface area contributed by atoms with Gasteiger partial charge in [0.2, 0.25) is 0 Å². The zero-order valence-electron chi connectivity index (χ0n) is 24.0. The minimum Gasteiger partial charge on any atom is -0.494 e. The third-order valence-electron chi connectivity index (χ3n) is 7.00. The Morgan fingerprint density at radius 1 is 1.00 bits per heavy atom. The molecule has 216 valence electrons. The van der Waals surface area contributed by atoms with Crippen LogP contribution in [0.1, 0.15) is 42.4 Å². The van der Waals surface area contributed by atoms with E-state index in [-0.39, 0.29) is 11.7 Å². The normalized spacial score (nSPS) is 13.5. The third-order valence-corrected chi connectivity index (χ3v) is 9.00. The van der Waals surface area contributed by atoms with Crippen LogP contribution >= 0.6 is 11.3 Å². The van der Waals surface area contributed by atoms with Crippen molar-refractivity contribution >= 4 is 37.0 Å². The number of sulfone groups is 1. The van der Waals surface area contributed by atoms with Crippen LogP contribution in [0.15, 0.2) is 81.5 Å². The van der Waals surface area contributed by atoms with Gasteiger partial charge in [-0.05, 0) is 89.5 Å². The molecule has 5 rings (SSSR count). The van der Waals surface area contributed by atoms with Crippen LogP contribution in [0.4, 0.5) is 0 Å². The van der Waals surface area contributed by atoms with Gasteiger partial charge in [-0.15, -0.1) is 22.4 Å². The lowest BCUT2D eigenvalue weighted by Gasteiger charge is -2.12. The molecule has 0 fully saturated rings. The van der Waals surface area contributed by atoms with E-state index in [2.05, 4.69) is 76.0 Å². The molecule has 1 aliphatic rings. The molecule has 0 unspecified atom stereocenters. The molecule has 1 aliphatic heterocycles. The van der Waals surface area contributed by atoms with Crippen molar-refractivity contribution in [1.29, 1.82) is 0 Å². The van der Waals surface area contributed by atoms with E-state index in [0.717, 1.165) is 45.9 Å². The summed E-state index contributed by atoms with van der Waals surface area (Å²) in [5.74, 6) is 8.04. The highest BCUT2D eigenvalue weighted by atomic mass is 32.2. The van der Waals surface area contributed by atoms with Crippen LogP contribution in [0.2, 0.25) is 0 Å². The summed E-state index contributed by atoms with van der Waals surface area (Å²) in [5.41, 5.74) is 6.60. The molecular weight excluding hydrogens is 567 g/mol. The van der Waals surface area contributed by atoms with Crippen LogP contribution in [0.5, 0.6) is 11.5 Å². The van der Waals surface area contributed by atoms with E-state index >= 15 is 0 Å². The molecule has 0 N–H and O–H groups in total. The SMILES string of the molecule is CC#C[C@@H](CC1=NN=NC1)c1ccc(OCc2ccc3scc(-c4ccc(OCCCS(C)(=O)=O)cc4C)c3c2)cc1. The average Bonchev–Trinajstić information content (AvgIpc) is 3.64. The van der Waals surface area contributed by atoms with Crippen molar-refractivity contribution in [1.82, 2.24) is 0 Å². The highest BCUT2D eigenvalue weighted by Gasteiger charge is 2.15. The van der Waals surface area contributed by atoms with Gasteiger partial charge in [0.15, 0.2) is 0 Å². The molecule has 0 radical (unpaired) electrons. The van der Waals surface area contributed by atoms with Gasteiger partial charge >= 0.3 is 0 Å². The summed E-state index contributed by atoms with van der Waals surface area (Å²) in [7, 11) is -2.98. The number of nitrogens with zero attached hydrogens (tertiary/aromatic N) is 3. The summed E-state index contributed by atoms with van der Waals surface area (Å²) in [5, 5.41) is 15.1. The van der Waals surface area contributed by atoms with E-state index in [4.69, 9.17) is 9.47 Å². The van der Waals surface area contributed by atoms with Gasteiger partial charge in [-0.25, -0.2) is 8.42 Å². The molecule has 0 bridgehead atoms. The number of aryl methyl sites for hydroxylation is 1. The lowest BCUT2D eigenvalue weighted by Crippen LogP contribution is -2.08. The number of fused-ring (bicyclic) bond motifs is 1. The van der Waals surface area contributed by atoms with Crippen molar-refractivity contribution in [2.75, 3.05) is 25.2 Å². The molecule has 0 amide bonds. The van der Waals surface area contributed by atoms with E-state index < -0.39 is 9.84 Å². The predicted molar refractivity (Wildman–Crippen MR) is 171 cm³/mol. The Kier molecular flexibility index (Phi) is 9.35. The molecule has 9 heteroatoms. The molecule has 3 aromatic carbocycles. The number of benzene rings is 3. The van der Waals surface area contributed by atoms with Gasteiger partial charge < -0.3 is 9.47 Å². The van der Waals surface area contributed by atoms with E-state index in [1.165, 1.54) is 21.9 Å². The smallest absolute Gasteiger partial charge is 0.147 e. The van der Waals surface area contributed by atoms with Crippen LogP contribution in [0, 0.1) is 18.8 Å². The molecule has 4 aromatic rings. The van der Waals surface area contributed by atoms with Gasteiger partial charge in [0.25, 0.3) is 0 Å². The molecule has 0 saturated heterocycles. The lowest BCUT2D eigenvalue weighted by molar-refractivity contribution is 0.306. The fourth-order valence-corrected chi connectivity index (χ4v) is 6.47.